The van der Waals surface area contributed by atoms with Gasteiger partial charge in [-0.15, -0.1) is 0 Å². The number of piperidine rings is 1. The highest BCUT2D eigenvalue weighted by Crippen LogP contribution is 2.28. The minimum absolute atomic E-state index is 0.655. The van der Waals surface area contributed by atoms with Gasteiger partial charge in [0.15, 0.2) is 0 Å². The molecule has 1 heterocycles. The van der Waals surface area contributed by atoms with E-state index in [0.29, 0.717) is 11.7 Å². The maximum Gasteiger partial charge on any atom is 0.143 e. The molecule has 1 aromatic carbocycles. The monoisotopic (exact) mass is 235 g/mol. The van der Waals surface area contributed by atoms with Gasteiger partial charge in [-0.25, -0.2) is 0 Å². The van der Waals surface area contributed by atoms with Gasteiger partial charge in [0.2, 0.25) is 0 Å². The van der Waals surface area contributed by atoms with Gasteiger partial charge in [-0.3, -0.25) is 0 Å². The highest BCUT2D eigenvalue weighted by molar-refractivity contribution is 5.62. The minimum atomic E-state index is 0.655. The number of nitrogen functional groups attached to an aromatic ring is 1. The molecule has 94 valence electrons. The normalized spacial score (nSPS) is 17.2. The van der Waals surface area contributed by atoms with Crippen molar-refractivity contribution in [2.24, 2.45) is 0 Å². The van der Waals surface area contributed by atoms with Gasteiger partial charge in [0.25, 0.3) is 0 Å². The zero-order valence-corrected chi connectivity index (χ0v) is 10.6. The molecule has 0 saturated carbocycles. The standard InChI is InChI=1S/C13H21N3O/c1-15-10-5-7-16(8-6-10)11-3-4-12(14)13(9-11)17-2/h3-4,9-10,15H,5-8,14H2,1-2H3. The highest BCUT2D eigenvalue weighted by atomic mass is 16.5. The van der Waals surface area contributed by atoms with Crippen LogP contribution in [0.1, 0.15) is 12.8 Å². The van der Waals surface area contributed by atoms with Gasteiger partial charge in [0, 0.05) is 30.9 Å². The summed E-state index contributed by atoms with van der Waals surface area (Å²) in [6, 6.07) is 6.66. The number of methoxy groups -OCH3 is 1. The first-order valence-electron chi connectivity index (χ1n) is 6.10. The third kappa shape index (κ3) is 2.64. The smallest absolute Gasteiger partial charge is 0.143 e. The number of rotatable bonds is 3. The summed E-state index contributed by atoms with van der Waals surface area (Å²) in [5.41, 5.74) is 7.71. The molecule has 0 spiro atoms. The number of hydrogen-bond acceptors (Lipinski definition) is 4. The lowest BCUT2D eigenvalue weighted by atomic mass is 10.0. The average molecular weight is 235 g/mol. The summed E-state index contributed by atoms with van der Waals surface area (Å²) < 4.78 is 5.25. The lowest BCUT2D eigenvalue weighted by Gasteiger charge is -2.33. The maximum absolute atomic E-state index is 5.82. The Labute approximate surface area is 103 Å². The number of hydrogen-bond donors (Lipinski definition) is 2. The third-order valence-electron chi connectivity index (χ3n) is 3.49. The van der Waals surface area contributed by atoms with Crippen molar-refractivity contribution in [3.63, 3.8) is 0 Å². The van der Waals surface area contributed by atoms with Crippen LogP contribution in [0.25, 0.3) is 0 Å². The Bertz CT molecular complexity index is 373. The molecule has 0 bridgehead atoms. The molecule has 4 heteroatoms. The van der Waals surface area contributed by atoms with E-state index < -0.39 is 0 Å². The predicted octanol–water partition coefficient (Wildman–Crippen LogP) is 1.47. The van der Waals surface area contributed by atoms with E-state index in [0.717, 1.165) is 18.8 Å². The van der Waals surface area contributed by atoms with E-state index in [2.05, 4.69) is 16.3 Å². The highest BCUT2D eigenvalue weighted by Gasteiger charge is 2.18. The summed E-state index contributed by atoms with van der Waals surface area (Å²) in [6.45, 7) is 2.16. The lowest BCUT2D eigenvalue weighted by molar-refractivity contribution is 0.415. The van der Waals surface area contributed by atoms with E-state index >= 15 is 0 Å². The van der Waals surface area contributed by atoms with E-state index in [1.165, 1.54) is 18.5 Å². The number of nitrogens with zero attached hydrogens (tertiary/aromatic N) is 1. The van der Waals surface area contributed by atoms with Crippen LogP contribution in [0.15, 0.2) is 18.2 Å². The van der Waals surface area contributed by atoms with Crippen LogP contribution in [0.2, 0.25) is 0 Å². The molecular formula is C13H21N3O. The first-order valence-corrected chi connectivity index (χ1v) is 6.10. The van der Waals surface area contributed by atoms with Crippen molar-refractivity contribution in [3.8, 4) is 5.75 Å². The molecule has 3 N–H and O–H groups in total. The second-order valence-electron chi connectivity index (χ2n) is 4.48. The Hall–Kier alpha value is -1.42. The van der Waals surface area contributed by atoms with Crippen molar-refractivity contribution in [1.82, 2.24) is 5.32 Å². The summed E-state index contributed by atoms with van der Waals surface area (Å²) in [5.74, 6) is 0.762. The van der Waals surface area contributed by atoms with Crippen LogP contribution in [-0.4, -0.2) is 33.3 Å². The number of nitrogens with two attached hydrogens (primary N) is 1. The van der Waals surface area contributed by atoms with E-state index in [1.807, 2.05) is 19.2 Å². The second-order valence-corrected chi connectivity index (χ2v) is 4.48. The van der Waals surface area contributed by atoms with Crippen molar-refractivity contribution in [3.05, 3.63) is 18.2 Å². The van der Waals surface area contributed by atoms with E-state index in [9.17, 15) is 0 Å². The molecule has 17 heavy (non-hydrogen) atoms. The fourth-order valence-corrected chi connectivity index (χ4v) is 2.32. The predicted molar refractivity (Wildman–Crippen MR) is 71.7 cm³/mol. The Balaban J connectivity index is 2.08. The Kier molecular flexibility index (Phi) is 3.74. The van der Waals surface area contributed by atoms with Gasteiger partial charge < -0.3 is 20.7 Å². The van der Waals surface area contributed by atoms with E-state index in [4.69, 9.17) is 10.5 Å². The molecule has 4 nitrogen and oxygen atoms in total. The topological polar surface area (TPSA) is 50.5 Å². The van der Waals surface area contributed by atoms with Crippen LogP contribution in [0.3, 0.4) is 0 Å². The summed E-state index contributed by atoms with van der Waals surface area (Å²) in [4.78, 5) is 2.38. The zero-order chi connectivity index (χ0) is 12.3. The molecule has 0 amide bonds. The number of ether oxygens (including phenoxy) is 1. The van der Waals surface area contributed by atoms with Gasteiger partial charge in [-0.05, 0) is 32.0 Å². The van der Waals surface area contributed by atoms with Gasteiger partial charge >= 0.3 is 0 Å². The summed E-state index contributed by atoms with van der Waals surface area (Å²) in [7, 11) is 3.69. The van der Waals surface area contributed by atoms with Crippen molar-refractivity contribution >= 4 is 11.4 Å². The summed E-state index contributed by atoms with van der Waals surface area (Å²) in [5, 5.41) is 3.34. The Morgan fingerprint density at radius 1 is 1.35 bits per heavy atom. The van der Waals surface area contributed by atoms with Crippen molar-refractivity contribution in [1.29, 1.82) is 0 Å². The lowest BCUT2D eigenvalue weighted by Crippen LogP contribution is -2.41. The van der Waals surface area contributed by atoms with Crippen molar-refractivity contribution in [2.75, 3.05) is 37.9 Å². The zero-order valence-electron chi connectivity index (χ0n) is 10.6. The first kappa shape index (κ1) is 12.0. The van der Waals surface area contributed by atoms with Gasteiger partial charge in [0.05, 0.1) is 12.8 Å². The Morgan fingerprint density at radius 2 is 2.06 bits per heavy atom. The van der Waals surface area contributed by atoms with Crippen LogP contribution < -0.4 is 20.7 Å². The largest absolute Gasteiger partial charge is 0.495 e. The van der Waals surface area contributed by atoms with Crippen LogP contribution in [0, 0.1) is 0 Å². The molecule has 0 unspecified atom stereocenters. The first-order chi connectivity index (χ1) is 8.24. The molecule has 0 radical (unpaired) electrons. The van der Waals surface area contributed by atoms with Crippen molar-refractivity contribution in [2.45, 2.75) is 18.9 Å². The second kappa shape index (κ2) is 5.27. The van der Waals surface area contributed by atoms with Crippen LogP contribution in [0.5, 0.6) is 5.75 Å². The minimum Gasteiger partial charge on any atom is -0.495 e. The Morgan fingerprint density at radius 3 is 2.65 bits per heavy atom. The molecule has 0 aliphatic carbocycles. The van der Waals surface area contributed by atoms with Gasteiger partial charge in [-0.2, -0.15) is 0 Å². The number of nitrogens with one attached hydrogen (secondary N) is 1. The molecule has 1 aliphatic rings. The quantitative estimate of drug-likeness (QED) is 0.779. The summed E-state index contributed by atoms with van der Waals surface area (Å²) >= 11 is 0. The molecule has 1 aliphatic heterocycles. The molecular weight excluding hydrogens is 214 g/mol. The van der Waals surface area contributed by atoms with E-state index in [-0.39, 0.29) is 0 Å². The SMILES string of the molecule is CNC1CCN(c2ccc(N)c(OC)c2)CC1. The molecule has 1 aromatic rings. The molecule has 1 fully saturated rings. The van der Waals surface area contributed by atoms with Crippen LogP contribution in [0.4, 0.5) is 11.4 Å². The molecule has 1 saturated heterocycles. The third-order valence-corrected chi connectivity index (χ3v) is 3.49. The van der Waals surface area contributed by atoms with Gasteiger partial charge in [-0.1, -0.05) is 0 Å². The number of benzene rings is 1. The van der Waals surface area contributed by atoms with Crippen molar-refractivity contribution < 1.29 is 4.74 Å². The molecule has 0 atom stereocenters. The molecule has 0 aromatic heterocycles. The fraction of sp³-hybridized carbons (Fsp3) is 0.538. The fourth-order valence-electron chi connectivity index (χ4n) is 2.32. The average Bonchev–Trinajstić information content (AvgIpc) is 2.39. The number of anilines is 2. The van der Waals surface area contributed by atoms with E-state index in [1.54, 1.807) is 7.11 Å². The molecule has 2 rings (SSSR count). The summed E-state index contributed by atoms with van der Waals surface area (Å²) in [6.07, 6.45) is 2.37. The van der Waals surface area contributed by atoms with Gasteiger partial charge in [0.1, 0.15) is 5.75 Å². The van der Waals surface area contributed by atoms with Crippen LogP contribution >= 0.6 is 0 Å². The van der Waals surface area contributed by atoms with Crippen LogP contribution in [-0.2, 0) is 0 Å². The maximum atomic E-state index is 5.82.